The molecule has 1 atom stereocenters. The summed E-state index contributed by atoms with van der Waals surface area (Å²) in [5, 5.41) is 0. The Labute approximate surface area is 122 Å². The molecule has 1 aromatic carbocycles. The van der Waals surface area contributed by atoms with Gasteiger partial charge < -0.3 is 10.6 Å². The molecule has 3 heteroatoms. The van der Waals surface area contributed by atoms with Gasteiger partial charge in [0, 0.05) is 12.6 Å². The second kappa shape index (κ2) is 6.40. The zero-order valence-corrected chi connectivity index (χ0v) is 12.6. The first kappa shape index (κ1) is 15.0. The highest BCUT2D eigenvalue weighted by Gasteiger charge is 2.36. The predicted molar refractivity (Wildman–Crippen MR) is 82.2 cm³/mol. The number of nitrogens with two attached hydrogens (primary N) is 1. The summed E-state index contributed by atoms with van der Waals surface area (Å²) in [7, 11) is 0. The Bertz CT molecular complexity index is 436. The molecule has 2 N–H and O–H groups in total. The van der Waals surface area contributed by atoms with Gasteiger partial charge >= 0.3 is 0 Å². The number of carbonyl (C=O) groups excluding carboxylic acids is 1. The van der Waals surface area contributed by atoms with Crippen LogP contribution >= 0.6 is 0 Å². The van der Waals surface area contributed by atoms with E-state index in [1.54, 1.807) is 0 Å². The van der Waals surface area contributed by atoms with Crippen LogP contribution in [0.5, 0.6) is 0 Å². The van der Waals surface area contributed by atoms with Crippen LogP contribution in [0.2, 0.25) is 0 Å². The molecule has 0 aliphatic heterocycles. The van der Waals surface area contributed by atoms with Gasteiger partial charge in [-0.1, -0.05) is 49.6 Å². The molecule has 1 saturated carbocycles. The van der Waals surface area contributed by atoms with Crippen molar-refractivity contribution in [2.75, 3.05) is 6.54 Å². The number of hydrogen-bond acceptors (Lipinski definition) is 2. The summed E-state index contributed by atoms with van der Waals surface area (Å²) in [5.41, 5.74) is 6.33. The van der Waals surface area contributed by atoms with E-state index in [0.717, 1.165) is 24.9 Å². The van der Waals surface area contributed by atoms with Crippen LogP contribution in [-0.4, -0.2) is 23.4 Å². The van der Waals surface area contributed by atoms with Gasteiger partial charge in [-0.25, -0.2) is 0 Å². The number of rotatable bonds is 4. The third-order valence-electron chi connectivity index (χ3n) is 4.43. The van der Waals surface area contributed by atoms with Crippen LogP contribution in [0.15, 0.2) is 30.3 Å². The van der Waals surface area contributed by atoms with E-state index in [1.807, 2.05) is 49.1 Å². The maximum Gasteiger partial charge on any atom is 0.247 e. The van der Waals surface area contributed by atoms with Gasteiger partial charge in [0.1, 0.15) is 5.54 Å². The lowest BCUT2D eigenvalue weighted by Crippen LogP contribution is -2.54. The SMILES string of the molecule is CCN(C(=O)C(C)(N)c1ccccc1)C1CCCCC1. The van der Waals surface area contributed by atoms with Crippen molar-refractivity contribution in [3.63, 3.8) is 0 Å². The Morgan fingerprint density at radius 3 is 2.40 bits per heavy atom. The lowest BCUT2D eigenvalue weighted by molar-refractivity contribution is -0.139. The molecular formula is C17H26N2O. The van der Waals surface area contributed by atoms with Crippen molar-refractivity contribution in [3.8, 4) is 0 Å². The topological polar surface area (TPSA) is 46.3 Å². The summed E-state index contributed by atoms with van der Waals surface area (Å²) in [6.07, 6.45) is 5.97. The molecule has 1 fully saturated rings. The first-order chi connectivity index (χ1) is 9.57. The first-order valence-corrected chi connectivity index (χ1v) is 7.73. The molecule has 1 aromatic rings. The summed E-state index contributed by atoms with van der Waals surface area (Å²) < 4.78 is 0. The summed E-state index contributed by atoms with van der Waals surface area (Å²) in [6.45, 7) is 4.62. The minimum Gasteiger partial charge on any atom is -0.338 e. The average Bonchev–Trinajstić information content (AvgIpc) is 2.50. The fourth-order valence-corrected chi connectivity index (χ4v) is 3.17. The van der Waals surface area contributed by atoms with Gasteiger partial charge in [0.15, 0.2) is 0 Å². The smallest absolute Gasteiger partial charge is 0.247 e. The molecule has 2 rings (SSSR count). The normalized spacial score (nSPS) is 19.4. The molecule has 0 spiro atoms. The Kier molecular flexibility index (Phi) is 4.81. The van der Waals surface area contributed by atoms with Gasteiger partial charge in [-0.3, -0.25) is 4.79 Å². The van der Waals surface area contributed by atoms with E-state index in [9.17, 15) is 4.79 Å². The third kappa shape index (κ3) is 3.04. The van der Waals surface area contributed by atoms with E-state index >= 15 is 0 Å². The highest BCUT2D eigenvalue weighted by molar-refractivity contribution is 5.87. The summed E-state index contributed by atoms with van der Waals surface area (Å²) in [4.78, 5) is 14.9. The van der Waals surface area contributed by atoms with Gasteiger partial charge in [0.2, 0.25) is 5.91 Å². The van der Waals surface area contributed by atoms with Crippen LogP contribution in [0.3, 0.4) is 0 Å². The molecule has 3 nitrogen and oxygen atoms in total. The molecule has 0 saturated heterocycles. The van der Waals surface area contributed by atoms with E-state index in [2.05, 4.69) is 0 Å². The molecule has 0 heterocycles. The zero-order valence-electron chi connectivity index (χ0n) is 12.6. The van der Waals surface area contributed by atoms with E-state index in [4.69, 9.17) is 5.73 Å². The van der Waals surface area contributed by atoms with Crippen molar-refractivity contribution in [3.05, 3.63) is 35.9 Å². The van der Waals surface area contributed by atoms with Crippen molar-refractivity contribution in [1.29, 1.82) is 0 Å². The third-order valence-corrected chi connectivity index (χ3v) is 4.43. The van der Waals surface area contributed by atoms with Crippen molar-refractivity contribution >= 4 is 5.91 Å². The number of hydrogen-bond donors (Lipinski definition) is 1. The molecular weight excluding hydrogens is 248 g/mol. The van der Waals surface area contributed by atoms with Crippen LogP contribution in [0, 0.1) is 0 Å². The van der Waals surface area contributed by atoms with Crippen LogP contribution in [0.25, 0.3) is 0 Å². The first-order valence-electron chi connectivity index (χ1n) is 7.73. The minimum absolute atomic E-state index is 0.0538. The fourth-order valence-electron chi connectivity index (χ4n) is 3.17. The quantitative estimate of drug-likeness (QED) is 0.917. The Morgan fingerprint density at radius 1 is 1.25 bits per heavy atom. The lowest BCUT2D eigenvalue weighted by atomic mass is 9.88. The van der Waals surface area contributed by atoms with Gasteiger partial charge in [-0.15, -0.1) is 0 Å². The second-order valence-corrected chi connectivity index (χ2v) is 5.95. The average molecular weight is 274 g/mol. The molecule has 0 bridgehead atoms. The molecule has 20 heavy (non-hydrogen) atoms. The van der Waals surface area contributed by atoms with Crippen LogP contribution in [-0.2, 0) is 10.3 Å². The minimum atomic E-state index is -0.936. The zero-order chi connectivity index (χ0) is 14.6. The summed E-state index contributed by atoms with van der Waals surface area (Å²) in [6, 6.07) is 10.1. The Balaban J connectivity index is 2.18. The van der Waals surface area contributed by atoms with Crippen LogP contribution in [0.4, 0.5) is 0 Å². The molecule has 1 aliphatic rings. The largest absolute Gasteiger partial charge is 0.338 e. The standard InChI is InChI=1S/C17H26N2O/c1-3-19(15-12-8-5-9-13-15)16(20)17(2,18)14-10-6-4-7-11-14/h4,6-7,10-11,15H,3,5,8-9,12-13,18H2,1-2H3. The Morgan fingerprint density at radius 2 is 1.85 bits per heavy atom. The van der Waals surface area contributed by atoms with Crippen molar-refractivity contribution in [2.45, 2.75) is 57.5 Å². The molecule has 1 aliphatic carbocycles. The van der Waals surface area contributed by atoms with Gasteiger partial charge in [0.25, 0.3) is 0 Å². The Hall–Kier alpha value is -1.35. The number of carbonyl (C=O) groups is 1. The number of nitrogens with zero attached hydrogens (tertiary/aromatic N) is 1. The van der Waals surface area contributed by atoms with Gasteiger partial charge in [-0.2, -0.15) is 0 Å². The van der Waals surface area contributed by atoms with Crippen molar-refractivity contribution in [1.82, 2.24) is 4.90 Å². The van der Waals surface area contributed by atoms with E-state index in [1.165, 1.54) is 19.3 Å². The predicted octanol–water partition coefficient (Wildman–Crippen LogP) is 3.04. The number of likely N-dealkylation sites (N-methyl/N-ethyl adjacent to an activating group) is 1. The van der Waals surface area contributed by atoms with E-state index < -0.39 is 5.54 Å². The highest BCUT2D eigenvalue weighted by atomic mass is 16.2. The molecule has 0 aromatic heterocycles. The summed E-state index contributed by atoms with van der Waals surface area (Å²) >= 11 is 0. The second-order valence-electron chi connectivity index (χ2n) is 5.95. The van der Waals surface area contributed by atoms with E-state index in [-0.39, 0.29) is 5.91 Å². The van der Waals surface area contributed by atoms with Gasteiger partial charge in [-0.05, 0) is 32.3 Å². The number of benzene rings is 1. The molecule has 1 unspecified atom stereocenters. The number of amides is 1. The molecule has 110 valence electrons. The van der Waals surface area contributed by atoms with E-state index in [0.29, 0.717) is 6.04 Å². The highest BCUT2D eigenvalue weighted by Crippen LogP contribution is 2.27. The monoisotopic (exact) mass is 274 g/mol. The van der Waals surface area contributed by atoms with Gasteiger partial charge in [0.05, 0.1) is 0 Å². The molecule has 0 radical (unpaired) electrons. The summed E-state index contributed by atoms with van der Waals surface area (Å²) in [5.74, 6) is 0.0538. The fraction of sp³-hybridized carbons (Fsp3) is 0.588. The molecule has 1 amide bonds. The van der Waals surface area contributed by atoms with Crippen molar-refractivity contribution < 1.29 is 4.79 Å². The maximum absolute atomic E-state index is 12.9. The van der Waals surface area contributed by atoms with Crippen molar-refractivity contribution in [2.24, 2.45) is 5.73 Å². The lowest BCUT2D eigenvalue weighted by Gasteiger charge is -2.38. The van der Waals surface area contributed by atoms with Crippen LogP contribution < -0.4 is 5.73 Å². The van der Waals surface area contributed by atoms with Crippen LogP contribution in [0.1, 0.15) is 51.5 Å². The maximum atomic E-state index is 12.9.